The Balaban J connectivity index is 1.60. The predicted octanol–water partition coefficient (Wildman–Crippen LogP) is 4.99. The number of para-hydroxylation sites is 1. The summed E-state index contributed by atoms with van der Waals surface area (Å²) in [6.07, 6.45) is 1.04. The van der Waals surface area contributed by atoms with Crippen molar-refractivity contribution in [2.24, 2.45) is 0 Å². The molecule has 0 aliphatic carbocycles. The summed E-state index contributed by atoms with van der Waals surface area (Å²) in [6.45, 7) is 0. The van der Waals surface area contributed by atoms with Gasteiger partial charge in [-0.25, -0.2) is 9.07 Å². The Bertz CT molecular complexity index is 1410. The van der Waals surface area contributed by atoms with Gasteiger partial charge in [-0.2, -0.15) is 10.1 Å². The molecule has 0 saturated heterocycles. The second kappa shape index (κ2) is 7.91. The monoisotopic (exact) mass is 456 g/mol. The third-order valence-electron chi connectivity index (χ3n) is 6.22. The number of rotatable bonds is 4. The highest BCUT2D eigenvalue weighted by Crippen LogP contribution is 2.51. The van der Waals surface area contributed by atoms with E-state index in [4.69, 9.17) is 14.2 Å². The highest BCUT2D eigenvalue weighted by atomic mass is 19.1. The van der Waals surface area contributed by atoms with Crippen LogP contribution in [0.1, 0.15) is 28.8 Å². The van der Waals surface area contributed by atoms with E-state index in [-0.39, 0.29) is 11.9 Å². The maximum atomic E-state index is 13.8. The fourth-order valence-electron chi connectivity index (χ4n) is 4.67. The molecular formula is C26H21FN4O3. The highest BCUT2D eigenvalue weighted by Gasteiger charge is 2.41. The Kier molecular flexibility index (Phi) is 4.72. The molecule has 0 saturated carbocycles. The van der Waals surface area contributed by atoms with E-state index in [0.717, 1.165) is 33.7 Å². The van der Waals surface area contributed by atoms with Crippen LogP contribution >= 0.6 is 0 Å². The number of nitrogens with zero attached hydrogens (tertiary/aromatic N) is 3. The molecule has 3 heterocycles. The van der Waals surface area contributed by atoms with Crippen LogP contribution in [0, 0.1) is 5.82 Å². The van der Waals surface area contributed by atoms with Gasteiger partial charge in [-0.3, -0.25) is 0 Å². The molecule has 34 heavy (non-hydrogen) atoms. The van der Waals surface area contributed by atoms with Gasteiger partial charge in [0.1, 0.15) is 30.0 Å². The summed E-state index contributed by atoms with van der Waals surface area (Å²) in [5.74, 6) is 2.29. The van der Waals surface area contributed by atoms with Crippen molar-refractivity contribution in [3.63, 3.8) is 0 Å². The van der Waals surface area contributed by atoms with Gasteiger partial charge >= 0.3 is 0 Å². The third-order valence-corrected chi connectivity index (χ3v) is 6.22. The molecule has 1 aromatic heterocycles. The van der Waals surface area contributed by atoms with E-state index < -0.39 is 6.10 Å². The Morgan fingerprint density at radius 2 is 1.71 bits per heavy atom. The Hall–Kier alpha value is -4.33. The van der Waals surface area contributed by atoms with Crippen molar-refractivity contribution < 1.29 is 18.6 Å². The second-order valence-electron chi connectivity index (χ2n) is 8.05. The van der Waals surface area contributed by atoms with Gasteiger partial charge in [-0.05, 0) is 42.0 Å². The van der Waals surface area contributed by atoms with Crippen LogP contribution in [0.2, 0.25) is 0 Å². The number of benzene rings is 3. The Morgan fingerprint density at radius 3 is 2.50 bits per heavy atom. The third kappa shape index (κ3) is 3.10. The molecule has 170 valence electrons. The van der Waals surface area contributed by atoms with Gasteiger partial charge in [0.2, 0.25) is 5.95 Å². The summed E-state index contributed by atoms with van der Waals surface area (Å²) in [5.41, 5.74) is 4.52. The zero-order valence-corrected chi connectivity index (χ0v) is 18.5. The maximum Gasteiger partial charge on any atom is 0.226 e. The first-order valence-electron chi connectivity index (χ1n) is 10.8. The van der Waals surface area contributed by atoms with Gasteiger partial charge in [-0.1, -0.05) is 30.3 Å². The van der Waals surface area contributed by atoms with E-state index in [1.807, 2.05) is 42.5 Å². The van der Waals surface area contributed by atoms with Gasteiger partial charge in [0.15, 0.2) is 11.5 Å². The van der Waals surface area contributed by atoms with E-state index >= 15 is 0 Å². The van der Waals surface area contributed by atoms with Gasteiger partial charge in [0, 0.05) is 16.7 Å². The lowest BCUT2D eigenvalue weighted by molar-refractivity contribution is 0.222. The van der Waals surface area contributed by atoms with Crippen molar-refractivity contribution in [3.05, 3.63) is 101 Å². The van der Waals surface area contributed by atoms with Crippen LogP contribution in [-0.4, -0.2) is 29.0 Å². The molecule has 0 unspecified atom stereocenters. The number of nitrogens with one attached hydrogen (secondary N) is 1. The average Bonchev–Trinajstić information content (AvgIpc) is 3.35. The molecule has 0 fully saturated rings. The highest BCUT2D eigenvalue weighted by molar-refractivity contribution is 5.85. The molecular weight excluding hydrogens is 435 g/mol. The normalized spacial score (nSPS) is 18.2. The first-order valence-corrected chi connectivity index (χ1v) is 10.8. The number of fused-ring (bicyclic) bond motifs is 3. The van der Waals surface area contributed by atoms with Crippen LogP contribution in [0.15, 0.2) is 78.6 Å². The van der Waals surface area contributed by atoms with E-state index in [9.17, 15) is 4.39 Å². The molecule has 4 aromatic rings. The average molecular weight is 456 g/mol. The molecule has 7 nitrogen and oxygen atoms in total. The minimum Gasteiger partial charge on any atom is -0.493 e. The summed E-state index contributed by atoms with van der Waals surface area (Å²) in [5, 5.41) is 7.94. The fraction of sp³-hybridized carbons (Fsp3) is 0.154. The van der Waals surface area contributed by atoms with E-state index in [0.29, 0.717) is 17.4 Å². The lowest BCUT2D eigenvalue weighted by Gasteiger charge is -2.39. The van der Waals surface area contributed by atoms with Crippen molar-refractivity contribution >= 4 is 11.6 Å². The number of aromatic nitrogens is 3. The number of anilines is 1. The Labute approximate surface area is 195 Å². The minimum atomic E-state index is -0.468. The van der Waals surface area contributed by atoms with Crippen LogP contribution in [0.25, 0.3) is 5.70 Å². The van der Waals surface area contributed by atoms with Crippen LogP contribution in [0.3, 0.4) is 0 Å². The van der Waals surface area contributed by atoms with Crippen LogP contribution in [0.4, 0.5) is 10.3 Å². The molecule has 0 radical (unpaired) electrons. The summed E-state index contributed by atoms with van der Waals surface area (Å²) in [4.78, 5) is 4.42. The van der Waals surface area contributed by atoms with Crippen molar-refractivity contribution in [1.29, 1.82) is 0 Å². The second-order valence-corrected chi connectivity index (χ2v) is 8.05. The first kappa shape index (κ1) is 20.3. The zero-order chi connectivity index (χ0) is 23.2. The van der Waals surface area contributed by atoms with Gasteiger partial charge in [0.25, 0.3) is 0 Å². The SMILES string of the molecule is COc1ccc([C@@H]2Oc3ccccc3C3=C2[C@@H](c2ccc(F)cc2)n2ncnc2N3)cc1OC. The maximum absolute atomic E-state index is 13.8. The quantitative estimate of drug-likeness (QED) is 0.466. The molecule has 0 spiro atoms. The molecule has 6 rings (SSSR count). The van der Waals surface area contributed by atoms with Crippen LogP contribution in [-0.2, 0) is 0 Å². The molecule has 2 aliphatic heterocycles. The summed E-state index contributed by atoms with van der Waals surface area (Å²) in [6, 6.07) is 19.7. The summed E-state index contributed by atoms with van der Waals surface area (Å²) >= 11 is 0. The lowest BCUT2D eigenvalue weighted by atomic mass is 9.84. The number of halogens is 1. The van der Waals surface area contributed by atoms with Gasteiger partial charge < -0.3 is 19.5 Å². The molecule has 1 N–H and O–H groups in total. The van der Waals surface area contributed by atoms with E-state index in [1.165, 1.54) is 18.5 Å². The van der Waals surface area contributed by atoms with E-state index in [1.54, 1.807) is 31.0 Å². The fourth-order valence-corrected chi connectivity index (χ4v) is 4.67. The molecule has 0 amide bonds. The topological polar surface area (TPSA) is 70.4 Å². The van der Waals surface area contributed by atoms with E-state index in [2.05, 4.69) is 15.4 Å². The first-order chi connectivity index (χ1) is 16.7. The smallest absolute Gasteiger partial charge is 0.226 e. The van der Waals surface area contributed by atoms with Crippen molar-refractivity contribution in [2.75, 3.05) is 19.5 Å². The lowest BCUT2D eigenvalue weighted by Crippen LogP contribution is -2.32. The largest absolute Gasteiger partial charge is 0.493 e. The Morgan fingerprint density at radius 1 is 0.941 bits per heavy atom. The molecule has 2 atom stereocenters. The summed E-state index contributed by atoms with van der Waals surface area (Å²) in [7, 11) is 3.21. The number of methoxy groups -OCH3 is 2. The predicted molar refractivity (Wildman–Crippen MR) is 124 cm³/mol. The number of hydrogen-bond donors (Lipinski definition) is 1. The van der Waals surface area contributed by atoms with Crippen molar-refractivity contribution in [3.8, 4) is 17.2 Å². The minimum absolute atomic E-state index is 0.299. The molecule has 8 heteroatoms. The standard InChI is InChI=1S/C26H21FN4O3/c1-32-20-12-9-16(13-21(20)33-2)25-22-23(18-5-3-4-6-19(18)34-25)30-26-28-14-29-31(26)24(22)15-7-10-17(27)11-8-15/h3-14,24-25H,1-2H3,(H,28,29,30)/t24-,25+/m1/s1. The molecule has 2 aliphatic rings. The molecule has 0 bridgehead atoms. The molecule has 3 aromatic carbocycles. The van der Waals surface area contributed by atoms with Crippen molar-refractivity contribution in [2.45, 2.75) is 12.1 Å². The number of ether oxygens (including phenoxy) is 3. The van der Waals surface area contributed by atoms with Crippen LogP contribution in [0.5, 0.6) is 17.2 Å². The van der Waals surface area contributed by atoms with Gasteiger partial charge in [0.05, 0.1) is 19.9 Å². The summed E-state index contributed by atoms with van der Waals surface area (Å²) < 4.78 is 33.2. The van der Waals surface area contributed by atoms with Crippen molar-refractivity contribution in [1.82, 2.24) is 14.8 Å². The van der Waals surface area contributed by atoms with Gasteiger partial charge in [-0.15, -0.1) is 0 Å². The zero-order valence-electron chi connectivity index (χ0n) is 18.5. The number of hydrogen-bond acceptors (Lipinski definition) is 6. The van der Waals surface area contributed by atoms with Crippen LogP contribution < -0.4 is 19.5 Å².